The number of ketones is 1. The van der Waals surface area contributed by atoms with Gasteiger partial charge in [0.15, 0.2) is 0 Å². The van der Waals surface area contributed by atoms with E-state index in [9.17, 15) is 18.4 Å². The first-order valence-electron chi connectivity index (χ1n) is 5.17. The average Bonchev–Trinajstić information content (AvgIpc) is 2.38. The van der Waals surface area contributed by atoms with Gasteiger partial charge in [-0.1, -0.05) is 12.1 Å². The summed E-state index contributed by atoms with van der Waals surface area (Å²) in [6, 6.07) is 5.61. The van der Waals surface area contributed by atoms with Crippen molar-refractivity contribution in [3.63, 3.8) is 0 Å². The maximum Gasteiger partial charge on any atom is 0.404 e. The number of alkyl halides is 2. The molecule has 0 aliphatic heterocycles. The van der Waals surface area contributed by atoms with Crippen LogP contribution >= 0.6 is 11.8 Å². The molecule has 0 unspecified atom stereocenters. The summed E-state index contributed by atoms with van der Waals surface area (Å²) in [5, 5.41) is 0. The van der Waals surface area contributed by atoms with Gasteiger partial charge in [0.25, 0.3) is 0 Å². The monoisotopic (exact) mass is 274 g/mol. The Bertz CT molecular complexity index is 443. The summed E-state index contributed by atoms with van der Waals surface area (Å²) in [6.45, 7) is 1.19. The summed E-state index contributed by atoms with van der Waals surface area (Å²) in [7, 11) is 0. The fourth-order valence-electron chi connectivity index (χ4n) is 1.24. The third-order valence-corrected chi connectivity index (χ3v) is 2.91. The molecule has 0 atom stereocenters. The summed E-state index contributed by atoms with van der Waals surface area (Å²) < 4.78 is 31.1. The minimum atomic E-state index is -4.14. The second-order valence-electron chi connectivity index (χ2n) is 3.35. The molecule has 0 spiro atoms. The number of carbonyl (C=O) groups is 2. The minimum Gasteiger partial charge on any atom is -0.461 e. The lowest BCUT2D eigenvalue weighted by molar-refractivity contribution is -0.164. The fourth-order valence-corrected chi connectivity index (χ4v) is 1.65. The van der Waals surface area contributed by atoms with Gasteiger partial charge in [-0.25, -0.2) is 4.79 Å². The Labute approximate surface area is 108 Å². The molecule has 6 heteroatoms. The molecule has 0 saturated carbocycles. The van der Waals surface area contributed by atoms with Crippen LogP contribution in [0.1, 0.15) is 17.3 Å². The normalized spacial score (nSPS) is 11.1. The van der Waals surface area contributed by atoms with Gasteiger partial charge in [-0.3, -0.25) is 4.79 Å². The number of esters is 1. The molecule has 1 aromatic carbocycles. The Balaban J connectivity index is 2.94. The second kappa shape index (κ2) is 5.95. The van der Waals surface area contributed by atoms with E-state index in [2.05, 4.69) is 4.74 Å². The van der Waals surface area contributed by atoms with E-state index in [0.717, 1.165) is 4.90 Å². The molecule has 0 bridgehead atoms. The molecular weight excluding hydrogens is 262 g/mol. The Morgan fingerprint density at radius 1 is 1.28 bits per heavy atom. The van der Waals surface area contributed by atoms with Crippen molar-refractivity contribution in [3.8, 4) is 0 Å². The van der Waals surface area contributed by atoms with Crippen LogP contribution in [0.3, 0.4) is 0 Å². The lowest BCUT2D eigenvalue weighted by Gasteiger charge is -2.13. The van der Waals surface area contributed by atoms with E-state index in [1.807, 2.05) is 6.26 Å². The molecule has 1 aromatic rings. The molecule has 98 valence electrons. The number of hydrogen-bond donors (Lipinski definition) is 0. The molecule has 0 saturated heterocycles. The lowest BCUT2D eigenvalue weighted by Crippen LogP contribution is -2.39. The first-order chi connectivity index (χ1) is 8.43. The van der Waals surface area contributed by atoms with E-state index in [-0.39, 0.29) is 12.2 Å². The van der Waals surface area contributed by atoms with Gasteiger partial charge in [-0.2, -0.15) is 8.78 Å². The quantitative estimate of drug-likeness (QED) is 0.358. The molecule has 0 aliphatic rings. The smallest absolute Gasteiger partial charge is 0.404 e. The maximum absolute atomic E-state index is 13.4. The third kappa shape index (κ3) is 3.07. The Morgan fingerprint density at radius 2 is 1.83 bits per heavy atom. The van der Waals surface area contributed by atoms with Gasteiger partial charge >= 0.3 is 11.9 Å². The van der Waals surface area contributed by atoms with E-state index < -0.39 is 17.7 Å². The predicted molar refractivity (Wildman–Crippen MR) is 64.1 cm³/mol. The molecule has 18 heavy (non-hydrogen) atoms. The zero-order valence-corrected chi connectivity index (χ0v) is 10.7. The van der Waals surface area contributed by atoms with Crippen LogP contribution in [0.25, 0.3) is 0 Å². The highest BCUT2D eigenvalue weighted by atomic mass is 32.2. The van der Waals surface area contributed by atoms with Gasteiger partial charge in [-0.05, 0) is 25.3 Å². The highest BCUT2D eigenvalue weighted by Gasteiger charge is 2.49. The van der Waals surface area contributed by atoms with Crippen LogP contribution in [-0.2, 0) is 9.53 Å². The highest BCUT2D eigenvalue weighted by molar-refractivity contribution is 7.98. The predicted octanol–water partition coefficient (Wildman–Crippen LogP) is 2.79. The highest BCUT2D eigenvalue weighted by Crippen LogP contribution is 2.23. The van der Waals surface area contributed by atoms with Crippen molar-refractivity contribution >= 4 is 23.5 Å². The number of Topliss-reactive ketones (excluding diaryl/α,β-unsaturated/α-hetero) is 1. The number of thioether (sulfide) groups is 1. The van der Waals surface area contributed by atoms with Crippen LogP contribution in [0.2, 0.25) is 0 Å². The van der Waals surface area contributed by atoms with Gasteiger partial charge < -0.3 is 4.74 Å². The van der Waals surface area contributed by atoms with Gasteiger partial charge in [0, 0.05) is 10.5 Å². The molecular formula is C12H12F2O3S. The number of hydrogen-bond acceptors (Lipinski definition) is 4. The summed E-state index contributed by atoms with van der Waals surface area (Å²) in [4.78, 5) is 23.4. The summed E-state index contributed by atoms with van der Waals surface area (Å²) >= 11 is 1.42. The van der Waals surface area contributed by atoms with Gasteiger partial charge in [-0.15, -0.1) is 11.8 Å². The maximum atomic E-state index is 13.4. The topological polar surface area (TPSA) is 43.4 Å². The van der Waals surface area contributed by atoms with Crippen LogP contribution in [0, 0.1) is 0 Å². The number of rotatable bonds is 5. The van der Waals surface area contributed by atoms with Gasteiger partial charge in [0.2, 0.25) is 5.78 Å². The SMILES string of the molecule is CCOC(=O)C(F)(F)C(=O)c1ccc(SC)cc1. The van der Waals surface area contributed by atoms with E-state index >= 15 is 0 Å². The first kappa shape index (κ1) is 14.6. The van der Waals surface area contributed by atoms with E-state index in [1.54, 1.807) is 12.1 Å². The molecule has 1 rings (SSSR count). The first-order valence-corrected chi connectivity index (χ1v) is 6.39. The van der Waals surface area contributed by atoms with E-state index in [0.29, 0.717) is 0 Å². The summed E-state index contributed by atoms with van der Waals surface area (Å²) in [6.07, 6.45) is 1.82. The average molecular weight is 274 g/mol. The summed E-state index contributed by atoms with van der Waals surface area (Å²) in [5.41, 5.74) is -0.217. The van der Waals surface area contributed by atoms with Gasteiger partial charge in [0.1, 0.15) is 0 Å². The van der Waals surface area contributed by atoms with Crippen molar-refractivity contribution in [1.82, 2.24) is 0 Å². The van der Waals surface area contributed by atoms with Crippen molar-refractivity contribution in [2.24, 2.45) is 0 Å². The molecule has 0 aromatic heterocycles. The fraction of sp³-hybridized carbons (Fsp3) is 0.333. The largest absolute Gasteiger partial charge is 0.461 e. The number of benzene rings is 1. The van der Waals surface area contributed by atoms with Crippen molar-refractivity contribution in [2.45, 2.75) is 17.7 Å². The zero-order valence-electron chi connectivity index (χ0n) is 9.91. The lowest BCUT2D eigenvalue weighted by atomic mass is 10.1. The van der Waals surface area contributed by atoms with Crippen molar-refractivity contribution in [1.29, 1.82) is 0 Å². The van der Waals surface area contributed by atoms with Crippen LogP contribution in [0.4, 0.5) is 8.78 Å². The Kier molecular flexibility index (Phi) is 4.84. The Hall–Kier alpha value is -1.43. The minimum absolute atomic E-state index is 0.201. The van der Waals surface area contributed by atoms with Crippen LogP contribution in [0.15, 0.2) is 29.2 Å². The number of carbonyl (C=O) groups excluding carboxylic acids is 2. The van der Waals surface area contributed by atoms with E-state index in [4.69, 9.17) is 0 Å². The Morgan fingerprint density at radius 3 is 2.28 bits per heavy atom. The van der Waals surface area contributed by atoms with Crippen LogP contribution in [0.5, 0.6) is 0 Å². The van der Waals surface area contributed by atoms with Crippen LogP contribution in [-0.4, -0.2) is 30.5 Å². The second-order valence-corrected chi connectivity index (χ2v) is 4.23. The third-order valence-electron chi connectivity index (χ3n) is 2.17. The molecule has 0 heterocycles. The van der Waals surface area contributed by atoms with Gasteiger partial charge in [0.05, 0.1) is 6.61 Å². The molecule has 3 nitrogen and oxygen atoms in total. The molecule has 0 aliphatic carbocycles. The van der Waals surface area contributed by atoms with Crippen LogP contribution < -0.4 is 0 Å². The van der Waals surface area contributed by atoms with Crippen molar-refractivity contribution in [2.75, 3.05) is 12.9 Å². The molecule has 0 fully saturated rings. The van der Waals surface area contributed by atoms with Crippen molar-refractivity contribution < 1.29 is 23.1 Å². The van der Waals surface area contributed by atoms with E-state index in [1.165, 1.54) is 30.8 Å². The van der Waals surface area contributed by atoms with Crippen molar-refractivity contribution in [3.05, 3.63) is 29.8 Å². The standard InChI is InChI=1S/C12H12F2O3S/c1-3-17-11(16)12(13,14)10(15)8-4-6-9(18-2)7-5-8/h4-7H,3H2,1-2H3. The zero-order chi connectivity index (χ0) is 13.8. The number of halogens is 2. The molecule has 0 amide bonds. The number of ether oxygens (including phenoxy) is 1. The summed E-state index contributed by atoms with van der Waals surface area (Å²) in [5.74, 6) is -7.51. The molecule has 0 N–H and O–H groups in total. The molecule has 0 radical (unpaired) electrons.